The highest BCUT2D eigenvalue weighted by atomic mass is 15.1. The number of hydrogen-bond donors (Lipinski definition) is 1. The third-order valence-corrected chi connectivity index (χ3v) is 4.56. The molecule has 0 aromatic carbocycles. The highest BCUT2D eigenvalue weighted by Crippen LogP contribution is 2.25. The third kappa shape index (κ3) is 3.46. The van der Waals surface area contributed by atoms with E-state index in [4.69, 9.17) is 0 Å². The maximum atomic E-state index is 3.45. The normalized spacial score (nSPS) is 29.1. The summed E-state index contributed by atoms with van der Waals surface area (Å²) in [6, 6.07) is 0. The zero-order valence-corrected chi connectivity index (χ0v) is 11.0. The van der Waals surface area contributed by atoms with Crippen LogP contribution in [0.15, 0.2) is 0 Å². The fraction of sp³-hybridized carbons (Fsp3) is 1.00. The van der Waals surface area contributed by atoms with Gasteiger partial charge in [0.05, 0.1) is 0 Å². The molecule has 0 aliphatic carbocycles. The molecular formula is C14H28N2. The molecule has 2 aliphatic heterocycles. The highest BCUT2D eigenvalue weighted by molar-refractivity contribution is 4.79. The molecule has 2 nitrogen and oxygen atoms in total. The summed E-state index contributed by atoms with van der Waals surface area (Å²) in [7, 11) is 0. The van der Waals surface area contributed by atoms with Crippen LogP contribution in [-0.2, 0) is 0 Å². The van der Waals surface area contributed by atoms with E-state index in [2.05, 4.69) is 24.1 Å². The Labute approximate surface area is 101 Å². The van der Waals surface area contributed by atoms with Crippen LogP contribution in [-0.4, -0.2) is 37.6 Å². The molecule has 2 rings (SSSR count). The van der Waals surface area contributed by atoms with Crippen LogP contribution in [0.1, 0.15) is 39.5 Å². The monoisotopic (exact) mass is 224 g/mol. The minimum Gasteiger partial charge on any atom is -0.317 e. The van der Waals surface area contributed by atoms with Crippen molar-refractivity contribution < 1.29 is 0 Å². The Hall–Kier alpha value is -0.0800. The molecule has 1 N–H and O–H groups in total. The Bertz CT molecular complexity index is 197. The molecule has 0 saturated carbocycles. The molecule has 0 spiro atoms. The number of rotatable bonds is 4. The number of nitrogens with zero attached hydrogens (tertiary/aromatic N) is 1. The smallest absolute Gasteiger partial charge is 0.00126 e. The van der Waals surface area contributed by atoms with Gasteiger partial charge in [-0.05, 0) is 69.6 Å². The van der Waals surface area contributed by atoms with Gasteiger partial charge in [0.15, 0.2) is 0 Å². The van der Waals surface area contributed by atoms with Gasteiger partial charge < -0.3 is 10.2 Å². The lowest BCUT2D eigenvalue weighted by Gasteiger charge is -2.25. The summed E-state index contributed by atoms with van der Waals surface area (Å²) in [5.41, 5.74) is 0. The fourth-order valence-corrected chi connectivity index (χ4v) is 3.15. The summed E-state index contributed by atoms with van der Waals surface area (Å²) in [6.45, 7) is 11.3. The molecule has 94 valence electrons. The molecule has 1 atom stereocenters. The second kappa shape index (κ2) is 6.02. The van der Waals surface area contributed by atoms with Crippen LogP contribution < -0.4 is 5.32 Å². The van der Waals surface area contributed by atoms with Crippen molar-refractivity contribution in [3.63, 3.8) is 0 Å². The Morgan fingerprint density at radius 3 is 2.56 bits per heavy atom. The van der Waals surface area contributed by atoms with E-state index in [1.54, 1.807) is 0 Å². The predicted molar refractivity (Wildman–Crippen MR) is 69.6 cm³/mol. The average molecular weight is 224 g/mol. The number of likely N-dealkylation sites (tertiary alicyclic amines) is 1. The fourth-order valence-electron chi connectivity index (χ4n) is 3.15. The van der Waals surface area contributed by atoms with Crippen molar-refractivity contribution in [1.29, 1.82) is 0 Å². The average Bonchev–Trinajstić information content (AvgIpc) is 2.76. The van der Waals surface area contributed by atoms with Gasteiger partial charge in [0, 0.05) is 6.54 Å². The van der Waals surface area contributed by atoms with Gasteiger partial charge >= 0.3 is 0 Å². The van der Waals surface area contributed by atoms with Crippen molar-refractivity contribution in [2.24, 2.45) is 17.8 Å². The van der Waals surface area contributed by atoms with E-state index in [0.717, 1.165) is 17.8 Å². The maximum absolute atomic E-state index is 3.45. The van der Waals surface area contributed by atoms with Crippen LogP contribution in [0, 0.1) is 17.8 Å². The quantitative estimate of drug-likeness (QED) is 0.788. The Kier molecular flexibility index (Phi) is 4.66. The summed E-state index contributed by atoms with van der Waals surface area (Å²) in [5, 5.41) is 3.45. The minimum atomic E-state index is 0.879. The van der Waals surface area contributed by atoms with E-state index in [9.17, 15) is 0 Å². The predicted octanol–water partition coefficient (Wildman–Crippen LogP) is 2.35. The lowest BCUT2D eigenvalue weighted by molar-refractivity contribution is 0.257. The molecular weight excluding hydrogens is 196 g/mol. The van der Waals surface area contributed by atoms with E-state index in [0.29, 0.717) is 0 Å². The highest BCUT2D eigenvalue weighted by Gasteiger charge is 2.25. The first-order valence-electron chi connectivity index (χ1n) is 7.19. The molecule has 2 heterocycles. The first-order valence-corrected chi connectivity index (χ1v) is 7.19. The van der Waals surface area contributed by atoms with E-state index in [1.807, 2.05) is 0 Å². The van der Waals surface area contributed by atoms with E-state index < -0.39 is 0 Å². The molecule has 2 heteroatoms. The van der Waals surface area contributed by atoms with Crippen LogP contribution in [0.3, 0.4) is 0 Å². The molecule has 0 aromatic rings. The van der Waals surface area contributed by atoms with E-state index in [1.165, 1.54) is 58.4 Å². The molecule has 0 bridgehead atoms. The molecule has 0 amide bonds. The summed E-state index contributed by atoms with van der Waals surface area (Å²) in [5.74, 6) is 2.84. The lowest BCUT2D eigenvalue weighted by Crippen LogP contribution is -2.31. The summed E-state index contributed by atoms with van der Waals surface area (Å²) in [6.07, 6.45) is 5.68. The van der Waals surface area contributed by atoms with Crippen LogP contribution in [0.25, 0.3) is 0 Å². The molecule has 16 heavy (non-hydrogen) atoms. The summed E-state index contributed by atoms with van der Waals surface area (Å²) < 4.78 is 0. The van der Waals surface area contributed by atoms with Crippen molar-refractivity contribution in [2.75, 3.05) is 32.7 Å². The summed E-state index contributed by atoms with van der Waals surface area (Å²) in [4.78, 5) is 2.70. The Morgan fingerprint density at radius 1 is 1.19 bits per heavy atom. The first kappa shape index (κ1) is 12.4. The lowest BCUT2D eigenvalue weighted by atomic mass is 9.94. The SMILES string of the molecule is CC(C)C1CCN(CCC2CCNCC2)C1. The Balaban J connectivity index is 1.63. The van der Waals surface area contributed by atoms with Crippen molar-refractivity contribution >= 4 is 0 Å². The topological polar surface area (TPSA) is 15.3 Å². The van der Waals surface area contributed by atoms with Crippen molar-refractivity contribution in [2.45, 2.75) is 39.5 Å². The van der Waals surface area contributed by atoms with Crippen LogP contribution in [0.5, 0.6) is 0 Å². The number of nitrogens with one attached hydrogen (secondary N) is 1. The van der Waals surface area contributed by atoms with Crippen LogP contribution in [0.2, 0.25) is 0 Å². The van der Waals surface area contributed by atoms with Gasteiger partial charge in [0.2, 0.25) is 0 Å². The van der Waals surface area contributed by atoms with Crippen molar-refractivity contribution in [3.8, 4) is 0 Å². The second-order valence-electron chi connectivity index (χ2n) is 6.08. The molecule has 1 unspecified atom stereocenters. The Morgan fingerprint density at radius 2 is 1.94 bits per heavy atom. The summed E-state index contributed by atoms with van der Waals surface area (Å²) >= 11 is 0. The maximum Gasteiger partial charge on any atom is 0.00126 e. The third-order valence-electron chi connectivity index (χ3n) is 4.56. The van der Waals surface area contributed by atoms with Crippen LogP contribution >= 0.6 is 0 Å². The minimum absolute atomic E-state index is 0.879. The second-order valence-corrected chi connectivity index (χ2v) is 6.08. The van der Waals surface area contributed by atoms with E-state index in [-0.39, 0.29) is 0 Å². The zero-order valence-electron chi connectivity index (χ0n) is 11.0. The largest absolute Gasteiger partial charge is 0.317 e. The van der Waals surface area contributed by atoms with Gasteiger partial charge in [-0.3, -0.25) is 0 Å². The molecule has 2 fully saturated rings. The van der Waals surface area contributed by atoms with E-state index >= 15 is 0 Å². The molecule has 2 saturated heterocycles. The van der Waals surface area contributed by atoms with Crippen molar-refractivity contribution in [3.05, 3.63) is 0 Å². The zero-order chi connectivity index (χ0) is 11.4. The van der Waals surface area contributed by atoms with Gasteiger partial charge in [-0.1, -0.05) is 13.8 Å². The standard InChI is InChI=1S/C14H28N2/c1-12(2)14-6-10-16(11-14)9-5-13-3-7-15-8-4-13/h12-15H,3-11H2,1-2H3. The van der Waals surface area contributed by atoms with Gasteiger partial charge in [-0.15, -0.1) is 0 Å². The first-order chi connectivity index (χ1) is 7.75. The molecule has 2 aliphatic rings. The van der Waals surface area contributed by atoms with Gasteiger partial charge in [-0.2, -0.15) is 0 Å². The molecule has 0 radical (unpaired) electrons. The van der Waals surface area contributed by atoms with Crippen molar-refractivity contribution in [1.82, 2.24) is 10.2 Å². The van der Waals surface area contributed by atoms with Gasteiger partial charge in [0.25, 0.3) is 0 Å². The van der Waals surface area contributed by atoms with Crippen LogP contribution in [0.4, 0.5) is 0 Å². The number of hydrogen-bond acceptors (Lipinski definition) is 2. The number of piperidine rings is 1. The molecule has 0 aromatic heterocycles. The van der Waals surface area contributed by atoms with Gasteiger partial charge in [0.1, 0.15) is 0 Å². The van der Waals surface area contributed by atoms with Gasteiger partial charge in [-0.25, -0.2) is 0 Å².